The second kappa shape index (κ2) is 6.29. The lowest BCUT2D eigenvalue weighted by atomic mass is 10.0. The molecule has 0 fully saturated rings. The summed E-state index contributed by atoms with van der Waals surface area (Å²) in [6, 6.07) is 18.5. The number of nitrogens with zero attached hydrogens (tertiary/aromatic N) is 2. The third-order valence-corrected chi connectivity index (χ3v) is 3.77. The average molecular weight is 291 g/mol. The standard InChI is InChI=1S/C17H13N3S/c1-2-12-21-17-18-16(19-20-17)15-10-8-14(9-11-15)13-6-4-3-5-7-13/h1,3-11H,12H2,(H,18,19,20). The Hall–Kier alpha value is -2.51. The van der Waals surface area contributed by atoms with Gasteiger partial charge in [0, 0.05) is 5.56 Å². The van der Waals surface area contributed by atoms with E-state index in [9.17, 15) is 0 Å². The molecule has 1 N–H and O–H groups in total. The molecule has 2 aromatic carbocycles. The first-order chi connectivity index (χ1) is 10.4. The van der Waals surface area contributed by atoms with Crippen LogP contribution in [0.2, 0.25) is 0 Å². The molecule has 0 aliphatic carbocycles. The fourth-order valence-corrected chi connectivity index (χ4v) is 2.48. The highest BCUT2D eigenvalue weighted by Crippen LogP contribution is 2.23. The highest BCUT2D eigenvalue weighted by molar-refractivity contribution is 7.99. The van der Waals surface area contributed by atoms with Crippen molar-refractivity contribution in [1.29, 1.82) is 0 Å². The SMILES string of the molecule is C#CCSc1n[nH]c(-c2ccc(-c3ccccc3)cc2)n1. The van der Waals surface area contributed by atoms with Crippen LogP contribution in [-0.4, -0.2) is 20.9 Å². The number of aromatic amines is 1. The zero-order valence-electron chi connectivity index (χ0n) is 11.3. The van der Waals surface area contributed by atoms with Gasteiger partial charge in [-0.15, -0.1) is 11.5 Å². The van der Waals surface area contributed by atoms with Crippen molar-refractivity contribution in [1.82, 2.24) is 15.2 Å². The summed E-state index contributed by atoms with van der Waals surface area (Å²) in [5, 5.41) is 7.76. The third-order valence-electron chi connectivity index (χ3n) is 3.01. The van der Waals surface area contributed by atoms with Crippen molar-refractivity contribution in [3.63, 3.8) is 0 Å². The highest BCUT2D eigenvalue weighted by Gasteiger charge is 2.06. The Labute approximate surface area is 127 Å². The number of terminal acetylenes is 1. The van der Waals surface area contributed by atoms with E-state index in [0.29, 0.717) is 10.9 Å². The molecule has 0 saturated heterocycles. The number of benzene rings is 2. The van der Waals surface area contributed by atoms with Gasteiger partial charge in [-0.05, 0) is 11.1 Å². The van der Waals surface area contributed by atoms with E-state index >= 15 is 0 Å². The summed E-state index contributed by atoms with van der Waals surface area (Å²) in [6.45, 7) is 0. The summed E-state index contributed by atoms with van der Waals surface area (Å²) in [7, 11) is 0. The first-order valence-electron chi connectivity index (χ1n) is 6.51. The lowest BCUT2D eigenvalue weighted by molar-refractivity contribution is 0.975. The van der Waals surface area contributed by atoms with Crippen LogP contribution in [0.5, 0.6) is 0 Å². The number of hydrogen-bond donors (Lipinski definition) is 1. The molecule has 0 bridgehead atoms. The number of H-pyrrole nitrogens is 1. The summed E-state index contributed by atoms with van der Waals surface area (Å²) >= 11 is 1.45. The topological polar surface area (TPSA) is 41.6 Å². The molecule has 1 heterocycles. The number of nitrogens with one attached hydrogen (secondary N) is 1. The van der Waals surface area contributed by atoms with Gasteiger partial charge in [-0.2, -0.15) is 0 Å². The lowest BCUT2D eigenvalue weighted by Gasteiger charge is -2.02. The number of rotatable bonds is 4. The van der Waals surface area contributed by atoms with Crippen LogP contribution in [0.1, 0.15) is 0 Å². The maximum atomic E-state index is 5.23. The van der Waals surface area contributed by atoms with Crippen LogP contribution in [0.3, 0.4) is 0 Å². The van der Waals surface area contributed by atoms with Crippen LogP contribution < -0.4 is 0 Å². The van der Waals surface area contributed by atoms with Crippen molar-refractivity contribution in [3.05, 3.63) is 54.6 Å². The van der Waals surface area contributed by atoms with Gasteiger partial charge in [0.15, 0.2) is 5.82 Å². The third kappa shape index (κ3) is 3.15. The molecule has 0 saturated carbocycles. The fourth-order valence-electron chi connectivity index (χ4n) is 2.00. The van der Waals surface area contributed by atoms with Crippen molar-refractivity contribution < 1.29 is 0 Å². The minimum atomic E-state index is 0.574. The Bertz CT molecular complexity index is 755. The van der Waals surface area contributed by atoms with Gasteiger partial charge in [-0.25, -0.2) is 4.98 Å². The molecule has 0 amide bonds. The number of hydrogen-bond acceptors (Lipinski definition) is 3. The Morgan fingerprint density at radius 1 is 0.952 bits per heavy atom. The molecular weight excluding hydrogens is 278 g/mol. The molecule has 102 valence electrons. The molecule has 0 radical (unpaired) electrons. The summed E-state index contributed by atoms with van der Waals surface area (Å²) in [5.74, 6) is 3.89. The van der Waals surface area contributed by atoms with Crippen LogP contribution in [-0.2, 0) is 0 Å². The zero-order valence-corrected chi connectivity index (χ0v) is 12.1. The van der Waals surface area contributed by atoms with E-state index in [4.69, 9.17) is 6.42 Å². The first-order valence-corrected chi connectivity index (χ1v) is 7.50. The van der Waals surface area contributed by atoms with Gasteiger partial charge in [-0.1, -0.05) is 72.3 Å². The molecule has 1 aromatic heterocycles. The van der Waals surface area contributed by atoms with Crippen LogP contribution in [0.4, 0.5) is 0 Å². The largest absolute Gasteiger partial charge is 0.258 e. The fraction of sp³-hybridized carbons (Fsp3) is 0.0588. The Morgan fingerprint density at radius 2 is 1.62 bits per heavy atom. The minimum Gasteiger partial charge on any atom is -0.258 e. The molecule has 0 unspecified atom stereocenters. The van der Waals surface area contributed by atoms with Crippen molar-refractivity contribution in [2.24, 2.45) is 0 Å². The molecular formula is C17H13N3S. The average Bonchev–Trinajstić information content (AvgIpc) is 3.03. The summed E-state index contributed by atoms with van der Waals surface area (Å²) < 4.78 is 0. The van der Waals surface area contributed by atoms with E-state index in [0.717, 1.165) is 11.4 Å². The Kier molecular flexibility index (Phi) is 4.04. The first kappa shape index (κ1) is 13.5. The van der Waals surface area contributed by atoms with Crippen molar-refractivity contribution >= 4 is 11.8 Å². The quantitative estimate of drug-likeness (QED) is 0.586. The van der Waals surface area contributed by atoms with E-state index < -0.39 is 0 Å². The second-order valence-corrected chi connectivity index (χ2v) is 5.35. The smallest absolute Gasteiger partial charge is 0.209 e. The van der Waals surface area contributed by atoms with E-state index in [-0.39, 0.29) is 0 Å². The number of aromatic nitrogens is 3. The lowest BCUT2D eigenvalue weighted by Crippen LogP contribution is -1.82. The van der Waals surface area contributed by atoms with Gasteiger partial charge in [-0.3, -0.25) is 5.10 Å². The van der Waals surface area contributed by atoms with Crippen molar-refractivity contribution in [3.8, 4) is 34.9 Å². The number of thioether (sulfide) groups is 1. The normalized spacial score (nSPS) is 10.2. The highest BCUT2D eigenvalue weighted by atomic mass is 32.2. The van der Waals surface area contributed by atoms with Crippen molar-refractivity contribution in [2.45, 2.75) is 5.16 Å². The molecule has 3 rings (SSSR count). The molecule has 0 aliphatic heterocycles. The van der Waals surface area contributed by atoms with Gasteiger partial charge in [0.25, 0.3) is 0 Å². The minimum absolute atomic E-state index is 0.574. The second-order valence-electron chi connectivity index (χ2n) is 4.40. The van der Waals surface area contributed by atoms with Crippen molar-refractivity contribution in [2.75, 3.05) is 5.75 Å². The molecule has 3 aromatic rings. The van der Waals surface area contributed by atoms with E-state index in [1.54, 1.807) is 0 Å². The van der Waals surface area contributed by atoms with Gasteiger partial charge in [0.2, 0.25) is 5.16 Å². The summed E-state index contributed by atoms with van der Waals surface area (Å²) in [6.07, 6.45) is 5.23. The molecule has 21 heavy (non-hydrogen) atoms. The predicted octanol–water partition coefficient (Wildman–Crippen LogP) is 3.86. The molecule has 4 heteroatoms. The zero-order chi connectivity index (χ0) is 14.5. The van der Waals surface area contributed by atoms with E-state index in [1.807, 2.05) is 30.3 Å². The molecule has 0 aliphatic rings. The summed E-state index contributed by atoms with van der Waals surface area (Å²) in [5.41, 5.74) is 3.39. The Morgan fingerprint density at radius 3 is 2.33 bits per heavy atom. The van der Waals surface area contributed by atoms with Gasteiger partial charge in [0.1, 0.15) is 0 Å². The van der Waals surface area contributed by atoms with Crippen LogP contribution in [0.15, 0.2) is 59.8 Å². The molecule has 3 nitrogen and oxygen atoms in total. The summed E-state index contributed by atoms with van der Waals surface area (Å²) in [4.78, 5) is 4.42. The monoisotopic (exact) mass is 291 g/mol. The Balaban J connectivity index is 1.81. The van der Waals surface area contributed by atoms with E-state index in [2.05, 4.69) is 45.4 Å². The maximum Gasteiger partial charge on any atom is 0.209 e. The maximum absolute atomic E-state index is 5.23. The van der Waals surface area contributed by atoms with Gasteiger partial charge < -0.3 is 0 Å². The van der Waals surface area contributed by atoms with Crippen LogP contribution >= 0.6 is 11.8 Å². The van der Waals surface area contributed by atoms with Crippen LogP contribution in [0.25, 0.3) is 22.5 Å². The predicted molar refractivity (Wildman–Crippen MR) is 86.8 cm³/mol. The molecule has 0 atom stereocenters. The van der Waals surface area contributed by atoms with Gasteiger partial charge in [0.05, 0.1) is 5.75 Å². The van der Waals surface area contributed by atoms with Gasteiger partial charge >= 0.3 is 0 Å². The van der Waals surface area contributed by atoms with Crippen LogP contribution in [0, 0.1) is 12.3 Å². The van der Waals surface area contributed by atoms with E-state index in [1.165, 1.54) is 22.9 Å². The molecule has 0 spiro atoms.